The summed E-state index contributed by atoms with van der Waals surface area (Å²) in [6, 6.07) is 4.71. The Labute approximate surface area is 100.0 Å². The van der Waals surface area contributed by atoms with Crippen LogP contribution in [0.3, 0.4) is 0 Å². The number of rotatable bonds is 5. The topological polar surface area (TPSA) is 63.4 Å². The summed E-state index contributed by atoms with van der Waals surface area (Å²) >= 11 is 4.87. The van der Waals surface area contributed by atoms with E-state index in [0.717, 1.165) is 15.8 Å². The molecule has 0 aliphatic carbocycles. The monoisotopic (exact) mass is 291 g/mol. The van der Waals surface area contributed by atoms with Gasteiger partial charge in [-0.25, -0.2) is 0 Å². The van der Waals surface area contributed by atoms with Crippen molar-refractivity contribution in [3.63, 3.8) is 0 Å². The second kappa shape index (κ2) is 6.09. The number of aliphatic hydroxyl groups is 1. The number of nitro groups is 1. The van der Waals surface area contributed by atoms with Gasteiger partial charge in [-0.1, -0.05) is 22.0 Å². The largest absolute Gasteiger partial charge is 0.396 e. The Balaban J connectivity index is 2.70. The first-order valence-corrected chi connectivity index (χ1v) is 6.21. The molecule has 0 saturated heterocycles. The van der Waals surface area contributed by atoms with E-state index in [1.165, 1.54) is 12.1 Å². The maximum atomic E-state index is 10.5. The van der Waals surface area contributed by atoms with Crippen LogP contribution in [-0.4, -0.2) is 22.4 Å². The average molecular weight is 292 g/mol. The van der Waals surface area contributed by atoms with Gasteiger partial charge in [0.15, 0.2) is 0 Å². The van der Waals surface area contributed by atoms with Crippen LogP contribution in [0.5, 0.6) is 0 Å². The minimum Gasteiger partial charge on any atom is -0.396 e. The fourth-order valence-corrected chi connectivity index (χ4v) is 2.45. The number of aliphatic hydroxyl groups excluding tert-OH is 1. The molecule has 0 bridgehead atoms. The lowest BCUT2D eigenvalue weighted by Gasteiger charge is -2.03. The molecule has 82 valence electrons. The van der Waals surface area contributed by atoms with Gasteiger partial charge in [-0.05, 0) is 5.56 Å². The summed E-state index contributed by atoms with van der Waals surface area (Å²) in [5, 5.41) is 19.1. The predicted molar refractivity (Wildman–Crippen MR) is 64.0 cm³/mol. The third-order valence-electron chi connectivity index (χ3n) is 1.74. The molecule has 1 rings (SSSR count). The predicted octanol–water partition coefficient (Wildman–Crippen LogP) is 2.58. The van der Waals surface area contributed by atoms with E-state index in [9.17, 15) is 10.1 Å². The molecule has 0 spiro atoms. The van der Waals surface area contributed by atoms with Gasteiger partial charge in [-0.3, -0.25) is 10.1 Å². The molecule has 1 aromatic rings. The number of non-ortho nitro benzene ring substituents is 1. The third-order valence-corrected chi connectivity index (χ3v) is 3.47. The second-order valence-electron chi connectivity index (χ2n) is 2.81. The number of nitrogens with zero attached hydrogens (tertiary/aromatic N) is 1. The average Bonchev–Trinajstić information content (AvgIpc) is 2.20. The van der Waals surface area contributed by atoms with Crippen molar-refractivity contribution in [3.8, 4) is 0 Å². The summed E-state index contributed by atoms with van der Waals surface area (Å²) < 4.78 is 0.738. The SMILES string of the molecule is O=[N+]([O-])c1ccc(CSCCO)c(Br)c1. The molecule has 0 saturated carbocycles. The van der Waals surface area contributed by atoms with Gasteiger partial charge in [0.2, 0.25) is 0 Å². The normalized spacial score (nSPS) is 10.3. The first-order chi connectivity index (χ1) is 7.15. The summed E-state index contributed by atoms with van der Waals surface area (Å²) in [5.41, 5.74) is 1.08. The summed E-state index contributed by atoms with van der Waals surface area (Å²) in [7, 11) is 0. The summed E-state index contributed by atoms with van der Waals surface area (Å²) in [6.45, 7) is 0.148. The summed E-state index contributed by atoms with van der Waals surface area (Å²) in [4.78, 5) is 10.1. The number of nitro benzene ring substituents is 1. The molecule has 15 heavy (non-hydrogen) atoms. The van der Waals surface area contributed by atoms with Crippen LogP contribution in [0.25, 0.3) is 0 Å². The van der Waals surface area contributed by atoms with Crippen molar-refractivity contribution in [2.24, 2.45) is 0 Å². The van der Waals surface area contributed by atoms with E-state index in [-0.39, 0.29) is 12.3 Å². The molecule has 0 amide bonds. The molecule has 0 atom stereocenters. The Morgan fingerprint density at radius 3 is 2.80 bits per heavy atom. The second-order valence-corrected chi connectivity index (χ2v) is 4.77. The van der Waals surface area contributed by atoms with Crippen molar-refractivity contribution in [2.75, 3.05) is 12.4 Å². The van der Waals surface area contributed by atoms with E-state index >= 15 is 0 Å². The van der Waals surface area contributed by atoms with Crippen molar-refractivity contribution in [2.45, 2.75) is 5.75 Å². The van der Waals surface area contributed by atoms with E-state index in [4.69, 9.17) is 5.11 Å². The molecule has 1 N–H and O–H groups in total. The molecular formula is C9H10BrNO3S. The van der Waals surface area contributed by atoms with Crippen LogP contribution in [0.2, 0.25) is 0 Å². The first kappa shape index (κ1) is 12.5. The fraction of sp³-hybridized carbons (Fsp3) is 0.333. The van der Waals surface area contributed by atoms with Crippen molar-refractivity contribution in [1.29, 1.82) is 0 Å². The highest BCUT2D eigenvalue weighted by molar-refractivity contribution is 9.10. The van der Waals surface area contributed by atoms with Crippen molar-refractivity contribution >= 4 is 33.4 Å². The van der Waals surface area contributed by atoms with Gasteiger partial charge in [0, 0.05) is 28.1 Å². The van der Waals surface area contributed by atoms with E-state index < -0.39 is 4.92 Å². The van der Waals surface area contributed by atoms with Gasteiger partial charge in [0.05, 0.1) is 11.5 Å². The Hall–Kier alpha value is -0.590. The number of thioether (sulfide) groups is 1. The molecule has 4 nitrogen and oxygen atoms in total. The molecule has 0 aromatic heterocycles. The molecule has 0 heterocycles. The van der Waals surface area contributed by atoms with Gasteiger partial charge in [0.25, 0.3) is 5.69 Å². The Morgan fingerprint density at radius 1 is 1.53 bits per heavy atom. The Bertz CT molecular complexity index is 359. The lowest BCUT2D eigenvalue weighted by molar-refractivity contribution is -0.384. The van der Waals surface area contributed by atoms with E-state index in [0.29, 0.717) is 5.75 Å². The number of benzene rings is 1. The van der Waals surface area contributed by atoms with Crippen molar-refractivity contribution in [1.82, 2.24) is 0 Å². The van der Waals surface area contributed by atoms with Crippen LogP contribution < -0.4 is 0 Å². The van der Waals surface area contributed by atoms with Crippen LogP contribution in [0.1, 0.15) is 5.56 Å². The molecule has 1 aromatic carbocycles. The summed E-state index contributed by atoms with van der Waals surface area (Å²) in [6.07, 6.45) is 0. The van der Waals surface area contributed by atoms with E-state index in [2.05, 4.69) is 15.9 Å². The molecule has 6 heteroatoms. The molecule has 0 fully saturated rings. The highest BCUT2D eigenvalue weighted by atomic mass is 79.9. The van der Waals surface area contributed by atoms with Gasteiger partial charge in [0.1, 0.15) is 0 Å². The number of hydrogen-bond acceptors (Lipinski definition) is 4. The van der Waals surface area contributed by atoms with Gasteiger partial charge in [-0.2, -0.15) is 11.8 Å². The maximum Gasteiger partial charge on any atom is 0.270 e. The van der Waals surface area contributed by atoms with Crippen LogP contribution >= 0.6 is 27.7 Å². The van der Waals surface area contributed by atoms with Crippen LogP contribution in [0.4, 0.5) is 5.69 Å². The highest BCUT2D eigenvalue weighted by Crippen LogP contribution is 2.25. The first-order valence-electron chi connectivity index (χ1n) is 4.26. The fourth-order valence-electron chi connectivity index (χ4n) is 1.01. The van der Waals surface area contributed by atoms with Gasteiger partial charge >= 0.3 is 0 Å². The third kappa shape index (κ3) is 3.81. The van der Waals surface area contributed by atoms with Gasteiger partial charge in [-0.15, -0.1) is 0 Å². The number of halogens is 1. The van der Waals surface area contributed by atoms with Crippen LogP contribution in [0, 0.1) is 10.1 Å². The summed E-state index contributed by atoms with van der Waals surface area (Å²) in [5.74, 6) is 1.41. The lowest BCUT2D eigenvalue weighted by atomic mass is 10.2. The Morgan fingerprint density at radius 2 is 2.27 bits per heavy atom. The molecule has 0 unspecified atom stereocenters. The molecular weight excluding hydrogens is 282 g/mol. The maximum absolute atomic E-state index is 10.5. The quantitative estimate of drug-likeness (QED) is 0.514. The van der Waals surface area contributed by atoms with Crippen LogP contribution in [0.15, 0.2) is 22.7 Å². The van der Waals surface area contributed by atoms with E-state index in [1.807, 2.05) is 0 Å². The highest BCUT2D eigenvalue weighted by Gasteiger charge is 2.08. The van der Waals surface area contributed by atoms with E-state index in [1.54, 1.807) is 17.8 Å². The Kier molecular flexibility index (Phi) is 5.07. The number of hydrogen-bond donors (Lipinski definition) is 1. The zero-order chi connectivity index (χ0) is 11.3. The zero-order valence-electron chi connectivity index (χ0n) is 7.85. The van der Waals surface area contributed by atoms with Crippen LogP contribution in [-0.2, 0) is 5.75 Å². The molecule has 0 aliphatic heterocycles. The van der Waals surface area contributed by atoms with Crippen molar-refractivity contribution < 1.29 is 10.0 Å². The minimum atomic E-state index is -0.421. The minimum absolute atomic E-state index is 0.0813. The smallest absolute Gasteiger partial charge is 0.270 e. The zero-order valence-corrected chi connectivity index (χ0v) is 10.3. The standard InChI is InChI=1S/C9H10BrNO3S/c10-9-5-8(11(13)14)2-1-7(9)6-15-4-3-12/h1-2,5,12H,3-4,6H2. The lowest BCUT2D eigenvalue weighted by Crippen LogP contribution is -1.92. The molecule has 0 radical (unpaired) electrons. The molecule has 0 aliphatic rings. The van der Waals surface area contributed by atoms with Gasteiger partial charge < -0.3 is 5.11 Å². The van der Waals surface area contributed by atoms with Crippen molar-refractivity contribution in [3.05, 3.63) is 38.3 Å².